The van der Waals surface area contributed by atoms with E-state index in [1.165, 1.54) is 0 Å². The molecule has 0 spiro atoms. The number of rotatable bonds is 4. The number of benzene rings is 2. The van der Waals surface area contributed by atoms with Gasteiger partial charge in [-0.05, 0) is 31.5 Å². The van der Waals surface area contributed by atoms with Crippen LogP contribution >= 0.6 is 0 Å². The summed E-state index contributed by atoms with van der Waals surface area (Å²) < 4.78 is 5.31. The zero-order valence-corrected chi connectivity index (χ0v) is 16.8. The van der Waals surface area contributed by atoms with Gasteiger partial charge in [-0.25, -0.2) is 0 Å². The zero-order chi connectivity index (χ0) is 20.2. The molecule has 2 aromatic carbocycles. The number of nitriles is 1. The highest BCUT2D eigenvalue weighted by Crippen LogP contribution is 2.31. The van der Waals surface area contributed by atoms with E-state index in [2.05, 4.69) is 11.4 Å². The number of ether oxygens (including phenoxy) is 1. The van der Waals surface area contributed by atoms with Gasteiger partial charge in [-0.2, -0.15) is 5.26 Å². The molecule has 140 valence electrons. The molecule has 0 saturated carbocycles. The molecule has 0 heterocycles. The number of carbonyl (C=O) groups excluding carboxylic acids is 1. The van der Waals surface area contributed by atoms with Crippen LogP contribution in [0.25, 0.3) is 5.57 Å². The Bertz CT molecular complexity index is 911. The van der Waals surface area contributed by atoms with Crippen LogP contribution in [0.4, 0.5) is 0 Å². The van der Waals surface area contributed by atoms with Gasteiger partial charge in [-0.1, -0.05) is 56.7 Å². The van der Waals surface area contributed by atoms with Crippen molar-refractivity contribution in [3.8, 4) is 11.8 Å². The van der Waals surface area contributed by atoms with E-state index in [1.54, 1.807) is 19.2 Å². The first kappa shape index (κ1) is 20.3. The summed E-state index contributed by atoms with van der Waals surface area (Å²) in [6.45, 7) is 9.78. The number of aryl methyl sites for hydroxylation is 1. The standard InChI is InChI=1S/C23H26N2O2/c1-15-10-12-17(13-11-15)19(14-24)21(23(3,4)5)25-22(26)18-8-7-9-20(27-6)16(18)2/h7-13H,1-6H3,(H,25,26). The van der Waals surface area contributed by atoms with Gasteiger partial charge in [0.2, 0.25) is 0 Å². The van der Waals surface area contributed by atoms with E-state index in [0.29, 0.717) is 22.6 Å². The molecule has 0 radical (unpaired) electrons. The van der Waals surface area contributed by atoms with Gasteiger partial charge in [0.15, 0.2) is 0 Å². The van der Waals surface area contributed by atoms with Crippen molar-refractivity contribution in [2.75, 3.05) is 7.11 Å². The van der Waals surface area contributed by atoms with Crippen molar-refractivity contribution >= 4 is 11.5 Å². The molecular formula is C23H26N2O2. The Hall–Kier alpha value is -3.06. The van der Waals surface area contributed by atoms with Gasteiger partial charge in [0.25, 0.3) is 5.91 Å². The number of hydrogen-bond acceptors (Lipinski definition) is 3. The number of hydrogen-bond donors (Lipinski definition) is 1. The van der Waals surface area contributed by atoms with Gasteiger partial charge in [0.05, 0.1) is 12.7 Å². The van der Waals surface area contributed by atoms with Gasteiger partial charge in [-0.3, -0.25) is 4.79 Å². The fraction of sp³-hybridized carbons (Fsp3) is 0.304. The van der Waals surface area contributed by atoms with Crippen LogP contribution < -0.4 is 10.1 Å². The molecule has 0 atom stereocenters. The SMILES string of the molecule is COc1cccc(C(=O)NC(=C(C#N)c2ccc(C)cc2)C(C)(C)C)c1C. The van der Waals surface area contributed by atoms with Crippen LogP contribution in [0.3, 0.4) is 0 Å². The molecule has 0 fully saturated rings. The first-order valence-electron chi connectivity index (χ1n) is 8.86. The number of methoxy groups -OCH3 is 1. The predicted octanol–water partition coefficient (Wildman–Crippen LogP) is 5.02. The Balaban J connectivity index is 2.53. The monoisotopic (exact) mass is 362 g/mol. The van der Waals surface area contributed by atoms with Gasteiger partial charge < -0.3 is 10.1 Å². The van der Waals surface area contributed by atoms with Crippen molar-refractivity contribution in [3.05, 3.63) is 70.4 Å². The predicted molar refractivity (Wildman–Crippen MR) is 108 cm³/mol. The molecule has 4 nitrogen and oxygen atoms in total. The number of nitrogens with zero attached hydrogens (tertiary/aromatic N) is 1. The quantitative estimate of drug-likeness (QED) is 0.777. The van der Waals surface area contributed by atoms with Crippen LogP contribution in [-0.2, 0) is 0 Å². The van der Waals surface area contributed by atoms with Crippen molar-refractivity contribution in [1.82, 2.24) is 5.32 Å². The van der Waals surface area contributed by atoms with Crippen molar-refractivity contribution in [2.45, 2.75) is 34.6 Å². The van der Waals surface area contributed by atoms with E-state index >= 15 is 0 Å². The first-order chi connectivity index (χ1) is 12.7. The van der Waals surface area contributed by atoms with Crippen LogP contribution in [0.1, 0.15) is 47.8 Å². The second-order valence-corrected chi connectivity index (χ2v) is 7.56. The molecular weight excluding hydrogens is 336 g/mol. The number of nitrogens with one attached hydrogen (secondary N) is 1. The summed E-state index contributed by atoms with van der Waals surface area (Å²) in [5.74, 6) is 0.402. The Kier molecular flexibility index (Phi) is 6.07. The number of allylic oxidation sites excluding steroid dienone is 2. The van der Waals surface area contributed by atoms with Crippen molar-refractivity contribution in [1.29, 1.82) is 5.26 Å². The molecule has 0 aromatic heterocycles. The molecule has 4 heteroatoms. The third-order valence-corrected chi connectivity index (χ3v) is 4.44. The van der Waals surface area contributed by atoms with Gasteiger partial charge in [0.1, 0.15) is 11.8 Å². The minimum atomic E-state index is -0.418. The van der Waals surface area contributed by atoms with Crippen molar-refractivity contribution < 1.29 is 9.53 Å². The normalized spacial score (nSPS) is 12.0. The highest BCUT2D eigenvalue weighted by atomic mass is 16.5. The molecule has 0 bridgehead atoms. The summed E-state index contributed by atoms with van der Waals surface area (Å²) in [4.78, 5) is 13.0. The van der Waals surface area contributed by atoms with E-state index < -0.39 is 5.41 Å². The summed E-state index contributed by atoms with van der Waals surface area (Å²) in [6, 6.07) is 15.4. The molecule has 2 aromatic rings. The molecule has 0 aliphatic rings. The fourth-order valence-electron chi connectivity index (χ4n) is 2.87. The van der Waals surface area contributed by atoms with Crippen LogP contribution in [-0.4, -0.2) is 13.0 Å². The van der Waals surface area contributed by atoms with E-state index in [9.17, 15) is 10.1 Å². The average Bonchev–Trinajstić information content (AvgIpc) is 2.62. The molecule has 2 rings (SSSR count). The highest BCUT2D eigenvalue weighted by Gasteiger charge is 2.25. The fourth-order valence-corrected chi connectivity index (χ4v) is 2.87. The lowest BCUT2D eigenvalue weighted by atomic mass is 9.86. The maximum absolute atomic E-state index is 13.0. The van der Waals surface area contributed by atoms with E-state index in [0.717, 1.165) is 16.7 Å². The molecule has 0 aliphatic heterocycles. The van der Waals surface area contributed by atoms with Crippen molar-refractivity contribution in [3.63, 3.8) is 0 Å². The Morgan fingerprint density at radius 1 is 1.07 bits per heavy atom. The lowest BCUT2D eigenvalue weighted by Crippen LogP contribution is -2.31. The lowest BCUT2D eigenvalue weighted by molar-refractivity contribution is 0.0957. The van der Waals surface area contributed by atoms with Gasteiger partial charge >= 0.3 is 0 Å². The van der Waals surface area contributed by atoms with Gasteiger partial charge in [-0.15, -0.1) is 0 Å². The Morgan fingerprint density at radius 2 is 1.70 bits per heavy atom. The van der Waals surface area contributed by atoms with Crippen LogP contribution in [0, 0.1) is 30.6 Å². The van der Waals surface area contributed by atoms with E-state index in [1.807, 2.05) is 65.0 Å². The summed E-state index contributed by atoms with van der Waals surface area (Å²) >= 11 is 0. The molecule has 0 aliphatic carbocycles. The third-order valence-electron chi connectivity index (χ3n) is 4.44. The first-order valence-corrected chi connectivity index (χ1v) is 8.86. The molecule has 1 N–H and O–H groups in total. The van der Waals surface area contributed by atoms with Crippen molar-refractivity contribution in [2.24, 2.45) is 5.41 Å². The Morgan fingerprint density at radius 3 is 2.22 bits per heavy atom. The molecule has 0 saturated heterocycles. The van der Waals surface area contributed by atoms with Gasteiger partial charge in [0, 0.05) is 22.2 Å². The van der Waals surface area contributed by atoms with Crippen LogP contribution in [0.5, 0.6) is 5.75 Å². The van der Waals surface area contributed by atoms with E-state index in [-0.39, 0.29) is 5.91 Å². The third kappa shape index (κ3) is 4.57. The molecule has 0 unspecified atom stereocenters. The second-order valence-electron chi connectivity index (χ2n) is 7.56. The maximum Gasteiger partial charge on any atom is 0.255 e. The topological polar surface area (TPSA) is 62.1 Å². The van der Waals surface area contributed by atoms with Crippen LogP contribution in [0.15, 0.2) is 48.2 Å². The van der Waals surface area contributed by atoms with E-state index in [4.69, 9.17) is 4.74 Å². The molecule has 1 amide bonds. The number of amides is 1. The summed E-state index contributed by atoms with van der Waals surface area (Å²) in [5.41, 5.74) is 3.84. The average molecular weight is 362 g/mol. The summed E-state index contributed by atoms with van der Waals surface area (Å²) in [6.07, 6.45) is 0. The Labute approximate surface area is 161 Å². The largest absolute Gasteiger partial charge is 0.496 e. The minimum Gasteiger partial charge on any atom is -0.496 e. The van der Waals surface area contributed by atoms with Crippen LogP contribution in [0.2, 0.25) is 0 Å². The smallest absolute Gasteiger partial charge is 0.255 e. The summed E-state index contributed by atoms with van der Waals surface area (Å²) in [7, 11) is 1.58. The summed E-state index contributed by atoms with van der Waals surface area (Å²) in [5, 5.41) is 12.8. The zero-order valence-electron chi connectivity index (χ0n) is 16.8. The minimum absolute atomic E-state index is 0.254. The lowest BCUT2D eigenvalue weighted by Gasteiger charge is -2.26. The second kappa shape index (κ2) is 8.09. The maximum atomic E-state index is 13.0. The number of carbonyl (C=O) groups is 1. The highest BCUT2D eigenvalue weighted by molar-refractivity contribution is 5.99. The molecule has 27 heavy (non-hydrogen) atoms.